The predicted octanol–water partition coefficient (Wildman–Crippen LogP) is 1.64. The van der Waals surface area contributed by atoms with Crippen molar-refractivity contribution in [2.24, 2.45) is 0 Å². The first-order valence-corrected chi connectivity index (χ1v) is 6.95. The Kier molecular flexibility index (Phi) is 5.05. The summed E-state index contributed by atoms with van der Waals surface area (Å²) in [5.41, 5.74) is 0.196. The summed E-state index contributed by atoms with van der Waals surface area (Å²) in [4.78, 5) is 9.88. The molecule has 0 bridgehead atoms. The molecule has 0 spiro atoms. The van der Waals surface area contributed by atoms with E-state index >= 15 is 0 Å². The largest absolute Gasteiger partial charge is 0.299 e. The van der Waals surface area contributed by atoms with Gasteiger partial charge in [-0.15, -0.1) is 0 Å². The molecule has 0 aliphatic carbocycles. The van der Waals surface area contributed by atoms with Crippen molar-refractivity contribution < 1.29 is 13.3 Å². The smallest absolute Gasteiger partial charge is 0.271 e. The Hall–Kier alpha value is -1.67. The molecular weight excluding hydrogens is 258 g/mol. The summed E-state index contributed by atoms with van der Waals surface area (Å²) in [6.45, 7) is 2.32. The molecule has 0 heterocycles. The van der Waals surface area contributed by atoms with Gasteiger partial charge in [0.15, 0.2) is 0 Å². The maximum Gasteiger partial charge on any atom is 0.299 e. The minimum Gasteiger partial charge on any atom is -0.271 e. The third-order valence-electron chi connectivity index (χ3n) is 2.15. The van der Waals surface area contributed by atoms with Crippen molar-refractivity contribution in [3.63, 3.8) is 0 Å². The van der Waals surface area contributed by atoms with Crippen molar-refractivity contribution >= 4 is 21.6 Å². The van der Waals surface area contributed by atoms with E-state index in [4.69, 9.17) is 0 Å². The fourth-order valence-corrected chi connectivity index (χ4v) is 2.16. The van der Waals surface area contributed by atoms with E-state index in [0.717, 1.165) is 12.8 Å². The molecule has 1 aromatic carbocycles. The summed E-state index contributed by atoms with van der Waals surface area (Å²) in [6.07, 6.45) is 1.64. The molecule has 0 fully saturated rings. The van der Waals surface area contributed by atoms with Gasteiger partial charge in [-0.25, -0.2) is 0 Å². The standard InChI is InChI=1S/C10H15N3O4S/c1-2-3-8-11-18(16,17)12-9-4-6-10(7-5-9)13(14)15/h4-7,11-12H,2-3,8H2,1H3. The highest BCUT2D eigenvalue weighted by molar-refractivity contribution is 7.90. The minimum absolute atomic E-state index is 0.0862. The van der Waals surface area contributed by atoms with Gasteiger partial charge in [0.25, 0.3) is 15.9 Å². The molecule has 7 nitrogen and oxygen atoms in total. The van der Waals surface area contributed by atoms with Crippen LogP contribution in [0.2, 0.25) is 0 Å². The van der Waals surface area contributed by atoms with Gasteiger partial charge in [0.2, 0.25) is 0 Å². The summed E-state index contributed by atoms with van der Waals surface area (Å²) in [5, 5.41) is 10.4. The van der Waals surface area contributed by atoms with Crippen molar-refractivity contribution in [3.05, 3.63) is 34.4 Å². The number of anilines is 1. The first-order chi connectivity index (χ1) is 8.44. The highest BCUT2D eigenvalue weighted by Gasteiger charge is 2.10. The fourth-order valence-electron chi connectivity index (χ4n) is 1.23. The summed E-state index contributed by atoms with van der Waals surface area (Å²) in [5.74, 6) is 0. The number of non-ortho nitro benzene ring substituents is 1. The maximum atomic E-state index is 11.5. The Morgan fingerprint density at radius 3 is 2.39 bits per heavy atom. The molecule has 100 valence electrons. The van der Waals surface area contributed by atoms with Crippen LogP contribution in [0.5, 0.6) is 0 Å². The fraction of sp³-hybridized carbons (Fsp3) is 0.400. The molecule has 0 saturated heterocycles. The molecule has 0 radical (unpaired) electrons. The van der Waals surface area contributed by atoms with Gasteiger partial charge in [-0.2, -0.15) is 13.1 Å². The van der Waals surface area contributed by atoms with Crippen LogP contribution in [-0.4, -0.2) is 19.9 Å². The second-order valence-corrected chi connectivity index (χ2v) is 5.16. The van der Waals surface area contributed by atoms with E-state index in [1.54, 1.807) is 0 Å². The van der Waals surface area contributed by atoms with Crippen LogP contribution in [0.4, 0.5) is 11.4 Å². The van der Waals surface area contributed by atoms with E-state index in [1.807, 2.05) is 6.92 Å². The lowest BCUT2D eigenvalue weighted by Crippen LogP contribution is -2.30. The van der Waals surface area contributed by atoms with Crippen LogP contribution >= 0.6 is 0 Å². The predicted molar refractivity (Wildman–Crippen MR) is 68.5 cm³/mol. The summed E-state index contributed by atoms with van der Waals surface area (Å²) >= 11 is 0. The Morgan fingerprint density at radius 1 is 1.28 bits per heavy atom. The topological polar surface area (TPSA) is 101 Å². The molecule has 1 rings (SSSR count). The molecule has 0 unspecified atom stereocenters. The second-order valence-electron chi connectivity index (χ2n) is 3.66. The molecule has 0 atom stereocenters. The normalized spacial score (nSPS) is 11.2. The Balaban J connectivity index is 2.63. The maximum absolute atomic E-state index is 11.5. The SMILES string of the molecule is CCCCNS(=O)(=O)Nc1ccc([N+](=O)[O-])cc1. The van der Waals surface area contributed by atoms with E-state index in [-0.39, 0.29) is 11.4 Å². The van der Waals surface area contributed by atoms with E-state index in [0.29, 0.717) is 6.54 Å². The van der Waals surface area contributed by atoms with Crippen LogP contribution in [0, 0.1) is 10.1 Å². The lowest BCUT2D eigenvalue weighted by molar-refractivity contribution is -0.384. The molecule has 0 amide bonds. The molecule has 0 saturated carbocycles. The number of nitrogens with one attached hydrogen (secondary N) is 2. The van der Waals surface area contributed by atoms with Gasteiger partial charge in [-0.05, 0) is 18.6 Å². The monoisotopic (exact) mass is 273 g/mol. The highest BCUT2D eigenvalue weighted by Crippen LogP contribution is 2.15. The highest BCUT2D eigenvalue weighted by atomic mass is 32.2. The minimum atomic E-state index is -3.61. The van der Waals surface area contributed by atoms with Gasteiger partial charge in [-0.3, -0.25) is 14.8 Å². The number of benzene rings is 1. The van der Waals surface area contributed by atoms with Gasteiger partial charge < -0.3 is 0 Å². The number of nitro groups is 1. The number of unbranched alkanes of at least 4 members (excludes halogenated alkanes) is 1. The van der Waals surface area contributed by atoms with Gasteiger partial charge in [-0.1, -0.05) is 13.3 Å². The van der Waals surface area contributed by atoms with Gasteiger partial charge in [0, 0.05) is 18.7 Å². The molecule has 2 N–H and O–H groups in total. The van der Waals surface area contributed by atoms with E-state index in [1.165, 1.54) is 24.3 Å². The zero-order valence-corrected chi connectivity index (χ0v) is 10.7. The Bertz CT molecular complexity index is 498. The van der Waals surface area contributed by atoms with E-state index in [9.17, 15) is 18.5 Å². The summed E-state index contributed by atoms with van der Waals surface area (Å²) < 4.78 is 27.7. The van der Waals surface area contributed by atoms with Crippen molar-refractivity contribution in [3.8, 4) is 0 Å². The van der Waals surface area contributed by atoms with Crippen molar-refractivity contribution in [1.82, 2.24) is 4.72 Å². The van der Waals surface area contributed by atoms with E-state index < -0.39 is 15.1 Å². The van der Waals surface area contributed by atoms with E-state index in [2.05, 4.69) is 9.44 Å². The first-order valence-electron chi connectivity index (χ1n) is 5.46. The molecule has 18 heavy (non-hydrogen) atoms. The first kappa shape index (κ1) is 14.4. The van der Waals surface area contributed by atoms with Crippen molar-refractivity contribution in [2.75, 3.05) is 11.3 Å². The summed E-state index contributed by atoms with van der Waals surface area (Å²) in [6, 6.07) is 5.17. The lowest BCUT2D eigenvalue weighted by Gasteiger charge is -2.08. The number of rotatable bonds is 7. The third kappa shape index (κ3) is 4.68. The molecular formula is C10H15N3O4S. The number of nitrogens with zero attached hydrogens (tertiary/aromatic N) is 1. The quantitative estimate of drug-likeness (QED) is 0.448. The van der Waals surface area contributed by atoms with Crippen LogP contribution in [-0.2, 0) is 10.2 Å². The van der Waals surface area contributed by atoms with Gasteiger partial charge in [0.05, 0.1) is 10.6 Å². The van der Waals surface area contributed by atoms with Crippen LogP contribution < -0.4 is 9.44 Å². The Morgan fingerprint density at radius 2 is 1.89 bits per heavy atom. The summed E-state index contributed by atoms with van der Waals surface area (Å²) in [7, 11) is -3.61. The average Bonchev–Trinajstić information content (AvgIpc) is 2.29. The molecule has 0 aliphatic rings. The molecule has 0 aromatic heterocycles. The van der Waals surface area contributed by atoms with Gasteiger partial charge >= 0.3 is 0 Å². The van der Waals surface area contributed by atoms with Gasteiger partial charge in [0.1, 0.15) is 0 Å². The molecule has 0 aliphatic heterocycles. The molecule has 1 aromatic rings. The van der Waals surface area contributed by atoms with Crippen LogP contribution in [0.25, 0.3) is 0 Å². The zero-order chi connectivity index (χ0) is 13.6. The Labute approximate surface area is 106 Å². The van der Waals surface area contributed by atoms with Crippen LogP contribution in [0.3, 0.4) is 0 Å². The zero-order valence-electron chi connectivity index (χ0n) is 9.92. The van der Waals surface area contributed by atoms with Crippen molar-refractivity contribution in [1.29, 1.82) is 0 Å². The lowest BCUT2D eigenvalue weighted by atomic mass is 10.3. The second kappa shape index (κ2) is 6.31. The van der Waals surface area contributed by atoms with Crippen molar-refractivity contribution in [2.45, 2.75) is 19.8 Å². The number of hydrogen-bond acceptors (Lipinski definition) is 4. The third-order valence-corrected chi connectivity index (χ3v) is 3.24. The number of hydrogen-bond donors (Lipinski definition) is 2. The molecule has 8 heteroatoms. The van der Waals surface area contributed by atoms with Crippen LogP contribution in [0.15, 0.2) is 24.3 Å². The average molecular weight is 273 g/mol. The van der Waals surface area contributed by atoms with Crippen LogP contribution in [0.1, 0.15) is 19.8 Å². The number of nitro benzene ring substituents is 1.